The summed E-state index contributed by atoms with van der Waals surface area (Å²) in [4.78, 5) is 2.74. The molecule has 0 bridgehead atoms. The van der Waals surface area contributed by atoms with Gasteiger partial charge in [0.2, 0.25) is 0 Å². The molecule has 2 unspecified atom stereocenters. The Labute approximate surface area is 155 Å². The molecule has 25 heavy (non-hydrogen) atoms. The van der Waals surface area contributed by atoms with Crippen molar-refractivity contribution in [3.8, 4) is 0 Å². The largest absolute Gasteiger partial charge is 0.317 e. The highest BCUT2D eigenvalue weighted by Gasteiger charge is 2.48. The van der Waals surface area contributed by atoms with E-state index in [9.17, 15) is 0 Å². The number of hydrogen-bond donors (Lipinski definition) is 2. The Hall–Kier alpha value is -0.640. The van der Waals surface area contributed by atoms with Gasteiger partial charge in [0.05, 0.1) is 0 Å². The van der Waals surface area contributed by atoms with Gasteiger partial charge in [0.15, 0.2) is 0 Å². The molecule has 4 aliphatic rings. The summed E-state index contributed by atoms with van der Waals surface area (Å²) >= 11 is 0. The molecule has 142 valence electrons. The van der Waals surface area contributed by atoms with E-state index in [-0.39, 0.29) is 0 Å². The van der Waals surface area contributed by atoms with Gasteiger partial charge in [0, 0.05) is 18.5 Å². The van der Waals surface area contributed by atoms with Crippen molar-refractivity contribution < 1.29 is 0 Å². The summed E-state index contributed by atoms with van der Waals surface area (Å²) in [6, 6.07) is 0.598. The van der Waals surface area contributed by atoms with Crippen LogP contribution in [0.1, 0.15) is 52.9 Å². The number of piperidine rings is 2. The summed E-state index contributed by atoms with van der Waals surface area (Å²) in [5, 5.41) is 7.28. The van der Waals surface area contributed by atoms with E-state index < -0.39 is 0 Å². The third-order valence-electron chi connectivity index (χ3n) is 6.96. The molecule has 3 nitrogen and oxygen atoms in total. The normalized spacial score (nSPS) is 32.0. The molecule has 3 fully saturated rings. The lowest BCUT2D eigenvalue weighted by molar-refractivity contribution is 0.0882. The summed E-state index contributed by atoms with van der Waals surface area (Å²) in [5.41, 5.74) is 1.96. The van der Waals surface area contributed by atoms with Crippen LogP contribution in [0.2, 0.25) is 0 Å². The molecule has 1 aliphatic carbocycles. The highest BCUT2D eigenvalue weighted by molar-refractivity contribution is 5.30. The first-order valence-corrected chi connectivity index (χ1v) is 10.8. The first-order chi connectivity index (χ1) is 12.3. The molecule has 3 heteroatoms. The van der Waals surface area contributed by atoms with Gasteiger partial charge < -0.3 is 15.5 Å². The lowest BCUT2D eigenvalue weighted by Gasteiger charge is -2.43. The zero-order valence-corrected chi connectivity index (χ0v) is 16.7. The second-order valence-electron chi connectivity index (χ2n) is 8.39. The molecule has 4 rings (SSSR count). The fourth-order valence-electron chi connectivity index (χ4n) is 5.30. The van der Waals surface area contributed by atoms with Crippen LogP contribution in [0.5, 0.6) is 0 Å². The molecular weight excluding hydrogens is 306 g/mol. The molecular formula is C22H39N3. The van der Waals surface area contributed by atoms with Crippen LogP contribution in [0, 0.1) is 17.3 Å². The fraction of sp³-hybridized carbons (Fsp3) is 0.818. The standard InChI is InChI=1S/C20H33N3.C2H6/c1-16-2-3-18-19(14-16)22-15-20(18)7-12-23(13-8-20)11-6-17-4-9-21-10-5-17;1-2/h2-3,14,17-19,21-22H,4-13,15H2,1H3;1-2H3. The van der Waals surface area contributed by atoms with Crippen LogP contribution < -0.4 is 10.6 Å². The first kappa shape index (κ1) is 19.1. The molecule has 0 aromatic rings. The summed E-state index contributed by atoms with van der Waals surface area (Å²) in [6.07, 6.45) is 14.3. The van der Waals surface area contributed by atoms with Gasteiger partial charge >= 0.3 is 0 Å². The first-order valence-electron chi connectivity index (χ1n) is 10.8. The van der Waals surface area contributed by atoms with Crippen molar-refractivity contribution in [2.24, 2.45) is 17.3 Å². The van der Waals surface area contributed by atoms with Gasteiger partial charge in [0.1, 0.15) is 0 Å². The molecule has 2 N–H and O–H groups in total. The maximum absolute atomic E-state index is 3.79. The molecule has 0 amide bonds. The van der Waals surface area contributed by atoms with E-state index >= 15 is 0 Å². The van der Waals surface area contributed by atoms with Crippen LogP contribution in [0.15, 0.2) is 23.8 Å². The van der Waals surface area contributed by atoms with Crippen molar-refractivity contribution in [2.75, 3.05) is 39.3 Å². The molecule has 3 aliphatic heterocycles. The molecule has 1 spiro atoms. The number of allylic oxidation sites excluding steroid dienone is 2. The number of fused-ring (bicyclic) bond motifs is 2. The van der Waals surface area contributed by atoms with Crippen LogP contribution >= 0.6 is 0 Å². The number of hydrogen-bond acceptors (Lipinski definition) is 3. The second kappa shape index (κ2) is 8.83. The highest BCUT2D eigenvalue weighted by atomic mass is 15.1. The predicted octanol–water partition coefficient (Wildman–Crippen LogP) is 3.59. The summed E-state index contributed by atoms with van der Waals surface area (Å²) in [5.74, 6) is 1.71. The Morgan fingerprint density at radius 1 is 1.16 bits per heavy atom. The third kappa shape index (κ3) is 4.37. The van der Waals surface area contributed by atoms with E-state index in [1.807, 2.05) is 13.8 Å². The Bertz CT molecular complexity index is 468. The van der Waals surface area contributed by atoms with Crippen molar-refractivity contribution in [2.45, 2.75) is 58.9 Å². The third-order valence-corrected chi connectivity index (χ3v) is 6.96. The Morgan fingerprint density at radius 2 is 1.88 bits per heavy atom. The number of nitrogens with one attached hydrogen (secondary N) is 2. The zero-order chi connectivity index (χ0) is 17.7. The molecule has 3 heterocycles. The monoisotopic (exact) mass is 345 g/mol. The van der Waals surface area contributed by atoms with Gasteiger partial charge in [-0.1, -0.05) is 37.6 Å². The minimum atomic E-state index is 0.531. The molecule has 0 aromatic heterocycles. The van der Waals surface area contributed by atoms with E-state index in [1.165, 1.54) is 76.9 Å². The van der Waals surface area contributed by atoms with Crippen LogP contribution in [0.4, 0.5) is 0 Å². The molecule has 0 aromatic carbocycles. The van der Waals surface area contributed by atoms with Crippen molar-refractivity contribution >= 4 is 0 Å². The maximum Gasteiger partial charge on any atom is 0.0324 e. The van der Waals surface area contributed by atoms with Crippen molar-refractivity contribution in [3.05, 3.63) is 23.8 Å². The molecule has 2 atom stereocenters. The minimum Gasteiger partial charge on any atom is -0.317 e. The lowest BCUT2D eigenvalue weighted by atomic mass is 9.67. The van der Waals surface area contributed by atoms with Gasteiger partial charge in [-0.15, -0.1) is 0 Å². The Morgan fingerprint density at radius 3 is 2.60 bits per heavy atom. The van der Waals surface area contributed by atoms with E-state index in [2.05, 4.69) is 40.7 Å². The van der Waals surface area contributed by atoms with Gasteiger partial charge in [-0.25, -0.2) is 0 Å². The van der Waals surface area contributed by atoms with E-state index in [0.29, 0.717) is 11.5 Å². The maximum atomic E-state index is 3.79. The Balaban J connectivity index is 0.000000880. The van der Waals surface area contributed by atoms with Gasteiger partial charge in [0.25, 0.3) is 0 Å². The van der Waals surface area contributed by atoms with Crippen LogP contribution in [-0.2, 0) is 0 Å². The van der Waals surface area contributed by atoms with Crippen molar-refractivity contribution in [1.82, 2.24) is 15.5 Å². The topological polar surface area (TPSA) is 27.3 Å². The molecule has 0 saturated carbocycles. The molecule has 0 radical (unpaired) electrons. The minimum absolute atomic E-state index is 0.531. The van der Waals surface area contributed by atoms with E-state index in [1.54, 1.807) is 0 Å². The van der Waals surface area contributed by atoms with Crippen LogP contribution in [0.25, 0.3) is 0 Å². The summed E-state index contributed by atoms with van der Waals surface area (Å²) in [6.45, 7) is 13.9. The fourth-order valence-corrected chi connectivity index (χ4v) is 5.30. The summed E-state index contributed by atoms with van der Waals surface area (Å²) in [7, 11) is 0. The van der Waals surface area contributed by atoms with Crippen molar-refractivity contribution in [1.29, 1.82) is 0 Å². The Kier molecular flexibility index (Phi) is 6.76. The smallest absolute Gasteiger partial charge is 0.0324 e. The predicted molar refractivity (Wildman–Crippen MR) is 108 cm³/mol. The lowest BCUT2D eigenvalue weighted by Crippen LogP contribution is -2.45. The SMILES string of the molecule is CC.CC1=CC2NCC3(CCN(CCC4CCNCC4)CC3)C2C=C1. The van der Waals surface area contributed by atoms with Gasteiger partial charge in [-0.05, 0) is 83.1 Å². The van der Waals surface area contributed by atoms with E-state index in [0.717, 1.165) is 11.8 Å². The number of likely N-dealkylation sites (tertiary alicyclic amines) is 1. The number of rotatable bonds is 3. The zero-order valence-electron chi connectivity index (χ0n) is 16.7. The second-order valence-corrected chi connectivity index (χ2v) is 8.39. The van der Waals surface area contributed by atoms with Crippen LogP contribution in [0.3, 0.4) is 0 Å². The van der Waals surface area contributed by atoms with E-state index in [4.69, 9.17) is 0 Å². The van der Waals surface area contributed by atoms with Crippen molar-refractivity contribution in [3.63, 3.8) is 0 Å². The van der Waals surface area contributed by atoms with Crippen LogP contribution in [-0.4, -0.2) is 50.2 Å². The highest BCUT2D eigenvalue weighted by Crippen LogP contribution is 2.46. The van der Waals surface area contributed by atoms with Gasteiger partial charge in [-0.3, -0.25) is 0 Å². The molecule has 3 saturated heterocycles. The average molecular weight is 346 g/mol. The summed E-state index contributed by atoms with van der Waals surface area (Å²) < 4.78 is 0. The quantitative estimate of drug-likeness (QED) is 0.818. The van der Waals surface area contributed by atoms with Gasteiger partial charge in [-0.2, -0.15) is 0 Å². The average Bonchev–Trinajstić information content (AvgIpc) is 3.01. The number of nitrogens with zero attached hydrogens (tertiary/aromatic N) is 1.